The van der Waals surface area contributed by atoms with Gasteiger partial charge in [0.2, 0.25) is 0 Å². The largest absolute Gasteiger partial charge is 0.312 e. The molecule has 0 aromatic rings. The van der Waals surface area contributed by atoms with E-state index < -0.39 is 9.84 Å². The molecule has 17 heavy (non-hydrogen) atoms. The number of hydrogen-bond donors (Lipinski definition) is 1. The van der Waals surface area contributed by atoms with E-state index in [4.69, 9.17) is 0 Å². The van der Waals surface area contributed by atoms with Crippen molar-refractivity contribution in [2.24, 2.45) is 11.8 Å². The van der Waals surface area contributed by atoms with Gasteiger partial charge in [-0.15, -0.1) is 0 Å². The minimum absolute atomic E-state index is 0.355. The number of fused-ring (bicyclic) bond motifs is 1. The Morgan fingerprint density at radius 2 is 1.94 bits per heavy atom. The molecule has 2 aliphatic heterocycles. The van der Waals surface area contributed by atoms with E-state index in [1.807, 2.05) is 0 Å². The standard InChI is InChI=1S/C12H22N2O2S/c15-17(16)6-4-14(5-7-17)9-12-11-3-1-2-10(11)8-13-12/h10-13H,1-9H2. The number of nitrogens with one attached hydrogen (secondary N) is 1. The second-order valence-electron chi connectivity index (χ2n) is 5.82. The summed E-state index contributed by atoms with van der Waals surface area (Å²) in [5.74, 6) is 2.46. The van der Waals surface area contributed by atoms with Crippen LogP contribution in [0.15, 0.2) is 0 Å². The van der Waals surface area contributed by atoms with Gasteiger partial charge in [-0.05, 0) is 31.2 Å². The van der Waals surface area contributed by atoms with E-state index in [0.717, 1.165) is 31.5 Å². The van der Waals surface area contributed by atoms with Crippen LogP contribution in [0.4, 0.5) is 0 Å². The molecule has 0 aromatic carbocycles. The van der Waals surface area contributed by atoms with Gasteiger partial charge in [-0.1, -0.05) is 6.42 Å². The Bertz CT molecular complexity index is 368. The highest BCUT2D eigenvalue weighted by atomic mass is 32.2. The van der Waals surface area contributed by atoms with Crippen molar-refractivity contribution in [1.29, 1.82) is 0 Å². The zero-order chi connectivity index (χ0) is 11.9. The molecule has 1 saturated carbocycles. The van der Waals surface area contributed by atoms with Crippen LogP contribution < -0.4 is 5.32 Å². The first-order chi connectivity index (χ1) is 8.14. The Hall–Kier alpha value is -0.130. The smallest absolute Gasteiger partial charge is 0.152 e. The molecule has 3 aliphatic rings. The molecule has 3 atom stereocenters. The van der Waals surface area contributed by atoms with Crippen LogP contribution in [0.3, 0.4) is 0 Å². The average molecular weight is 258 g/mol. The fourth-order valence-electron chi connectivity index (χ4n) is 3.71. The molecule has 3 fully saturated rings. The molecule has 0 amide bonds. The second-order valence-corrected chi connectivity index (χ2v) is 8.13. The summed E-state index contributed by atoms with van der Waals surface area (Å²) in [5, 5.41) is 3.64. The third-order valence-corrected chi connectivity index (χ3v) is 6.38. The van der Waals surface area contributed by atoms with Gasteiger partial charge in [-0.2, -0.15) is 0 Å². The molecule has 5 heteroatoms. The first-order valence-electron chi connectivity index (χ1n) is 6.80. The van der Waals surface area contributed by atoms with E-state index in [1.165, 1.54) is 25.8 Å². The molecule has 2 heterocycles. The molecule has 2 saturated heterocycles. The van der Waals surface area contributed by atoms with Crippen LogP contribution in [0.25, 0.3) is 0 Å². The van der Waals surface area contributed by atoms with E-state index >= 15 is 0 Å². The van der Waals surface area contributed by atoms with Crippen molar-refractivity contribution in [2.75, 3.05) is 37.7 Å². The number of nitrogens with zero attached hydrogens (tertiary/aromatic N) is 1. The van der Waals surface area contributed by atoms with Crippen molar-refractivity contribution in [1.82, 2.24) is 10.2 Å². The minimum atomic E-state index is -2.73. The summed E-state index contributed by atoms with van der Waals surface area (Å²) >= 11 is 0. The third kappa shape index (κ3) is 2.51. The number of rotatable bonds is 2. The lowest BCUT2D eigenvalue weighted by Crippen LogP contribution is -2.47. The SMILES string of the molecule is O=S1(=O)CCN(CC2NCC3CCCC32)CC1. The van der Waals surface area contributed by atoms with Gasteiger partial charge < -0.3 is 5.32 Å². The van der Waals surface area contributed by atoms with E-state index in [1.54, 1.807) is 0 Å². The normalized spacial score (nSPS) is 41.5. The van der Waals surface area contributed by atoms with Crippen LogP contribution in [-0.2, 0) is 9.84 Å². The molecular weight excluding hydrogens is 236 g/mol. The zero-order valence-corrected chi connectivity index (χ0v) is 11.1. The van der Waals surface area contributed by atoms with Crippen molar-refractivity contribution in [3.8, 4) is 0 Å². The Labute approximate surface area is 104 Å². The highest BCUT2D eigenvalue weighted by Crippen LogP contribution is 2.37. The fraction of sp³-hybridized carbons (Fsp3) is 1.00. The average Bonchev–Trinajstić information content (AvgIpc) is 2.85. The Kier molecular flexibility index (Phi) is 3.17. The molecule has 1 N–H and O–H groups in total. The maximum atomic E-state index is 11.4. The number of sulfone groups is 1. The molecule has 98 valence electrons. The molecule has 0 bridgehead atoms. The Morgan fingerprint density at radius 1 is 1.18 bits per heavy atom. The molecule has 4 nitrogen and oxygen atoms in total. The first-order valence-corrected chi connectivity index (χ1v) is 8.62. The summed E-state index contributed by atoms with van der Waals surface area (Å²) in [5.41, 5.74) is 0. The van der Waals surface area contributed by atoms with Crippen molar-refractivity contribution in [3.05, 3.63) is 0 Å². The summed E-state index contributed by atoms with van der Waals surface area (Å²) in [6, 6.07) is 0.614. The van der Waals surface area contributed by atoms with Gasteiger partial charge in [0.1, 0.15) is 0 Å². The maximum absolute atomic E-state index is 11.4. The molecule has 0 aromatic heterocycles. The van der Waals surface area contributed by atoms with Gasteiger partial charge in [0.05, 0.1) is 11.5 Å². The van der Waals surface area contributed by atoms with Crippen LogP contribution in [0, 0.1) is 11.8 Å². The van der Waals surface area contributed by atoms with Crippen LogP contribution in [0.2, 0.25) is 0 Å². The predicted octanol–water partition coefficient (Wildman–Crippen LogP) is 0.105. The quantitative estimate of drug-likeness (QED) is 0.763. The van der Waals surface area contributed by atoms with Crippen LogP contribution >= 0.6 is 0 Å². The lowest BCUT2D eigenvalue weighted by Gasteiger charge is -2.31. The molecule has 0 radical (unpaired) electrons. The van der Waals surface area contributed by atoms with Crippen molar-refractivity contribution in [2.45, 2.75) is 25.3 Å². The lowest BCUT2D eigenvalue weighted by atomic mass is 9.94. The molecule has 3 rings (SSSR count). The van der Waals surface area contributed by atoms with Gasteiger partial charge in [0.25, 0.3) is 0 Å². The predicted molar refractivity (Wildman–Crippen MR) is 67.7 cm³/mol. The van der Waals surface area contributed by atoms with Crippen molar-refractivity contribution >= 4 is 9.84 Å². The van der Waals surface area contributed by atoms with Crippen molar-refractivity contribution in [3.63, 3.8) is 0 Å². The summed E-state index contributed by atoms with van der Waals surface area (Å²) < 4.78 is 22.7. The van der Waals surface area contributed by atoms with Gasteiger partial charge in [-0.3, -0.25) is 4.90 Å². The highest BCUT2D eigenvalue weighted by molar-refractivity contribution is 7.91. The van der Waals surface area contributed by atoms with Crippen molar-refractivity contribution < 1.29 is 8.42 Å². The molecule has 1 aliphatic carbocycles. The maximum Gasteiger partial charge on any atom is 0.152 e. The Balaban J connectivity index is 1.54. The van der Waals surface area contributed by atoms with E-state index in [9.17, 15) is 8.42 Å². The summed E-state index contributed by atoms with van der Waals surface area (Å²) in [4.78, 5) is 2.33. The second kappa shape index (κ2) is 4.52. The highest BCUT2D eigenvalue weighted by Gasteiger charge is 2.39. The Morgan fingerprint density at radius 3 is 2.71 bits per heavy atom. The van der Waals surface area contributed by atoms with Crippen LogP contribution in [0.1, 0.15) is 19.3 Å². The fourth-order valence-corrected chi connectivity index (χ4v) is 4.99. The molecule has 3 unspecified atom stereocenters. The zero-order valence-electron chi connectivity index (χ0n) is 10.3. The first kappa shape index (κ1) is 11.9. The van der Waals surface area contributed by atoms with Gasteiger partial charge in [0, 0.05) is 25.7 Å². The van der Waals surface area contributed by atoms with Crippen LogP contribution in [-0.4, -0.2) is 57.0 Å². The van der Waals surface area contributed by atoms with E-state index in [-0.39, 0.29) is 0 Å². The van der Waals surface area contributed by atoms with Gasteiger partial charge >= 0.3 is 0 Å². The van der Waals surface area contributed by atoms with Crippen LogP contribution in [0.5, 0.6) is 0 Å². The van der Waals surface area contributed by atoms with Gasteiger partial charge in [-0.25, -0.2) is 8.42 Å². The summed E-state index contributed by atoms with van der Waals surface area (Å²) in [7, 11) is -2.73. The number of hydrogen-bond acceptors (Lipinski definition) is 4. The molecular formula is C12H22N2O2S. The van der Waals surface area contributed by atoms with Gasteiger partial charge in [0.15, 0.2) is 9.84 Å². The van der Waals surface area contributed by atoms with E-state index in [2.05, 4.69) is 10.2 Å². The monoisotopic (exact) mass is 258 g/mol. The third-order valence-electron chi connectivity index (χ3n) is 4.77. The summed E-state index contributed by atoms with van der Waals surface area (Å²) in [6.07, 6.45) is 4.15. The minimum Gasteiger partial charge on any atom is -0.312 e. The van der Waals surface area contributed by atoms with E-state index in [0.29, 0.717) is 17.5 Å². The summed E-state index contributed by atoms with van der Waals surface area (Å²) in [6.45, 7) is 3.70. The topological polar surface area (TPSA) is 49.4 Å². The lowest BCUT2D eigenvalue weighted by molar-refractivity contribution is 0.240. The molecule has 0 spiro atoms.